The molecule has 2 atom stereocenters. The highest BCUT2D eigenvalue weighted by Crippen LogP contribution is 2.26. The number of carbonyl (C=O) groups excluding carboxylic acids is 2. The summed E-state index contributed by atoms with van der Waals surface area (Å²) < 4.78 is 12.5. The summed E-state index contributed by atoms with van der Waals surface area (Å²) >= 11 is 7.39. The molecule has 1 aromatic carbocycles. The van der Waals surface area contributed by atoms with E-state index in [0.717, 1.165) is 12.8 Å². The van der Waals surface area contributed by atoms with Crippen molar-refractivity contribution in [1.82, 2.24) is 20.2 Å². The molecule has 1 saturated heterocycles. The predicted molar refractivity (Wildman–Crippen MR) is 125 cm³/mol. The van der Waals surface area contributed by atoms with E-state index in [1.54, 1.807) is 36.6 Å². The van der Waals surface area contributed by atoms with Gasteiger partial charge in [0.15, 0.2) is 5.16 Å². The first-order chi connectivity index (χ1) is 15.9. The molecule has 2 aliphatic rings. The number of fused-ring (bicyclic) bond motifs is 1. The molecule has 0 saturated carbocycles. The zero-order chi connectivity index (χ0) is 23.5. The van der Waals surface area contributed by atoms with Crippen LogP contribution < -0.4 is 16.2 Å². The van der Waals surface area contributed by atoms with E-state index in [2.05, 4.69) is 15.6 Å². The third-order valence-corrected chi connectivity index (χ3v) is 6.74. The van der Waals surface area contributed by atoms with E-state index in [-0.39, 0.29) is 24.0 Å². The summed E-state index contributed by atoms with van der Waals surface area (Å²) in [6, 6.07) is 4.07. The van der Waals surface area contributed by atoms with Gasteiger partial charge in [-0.15, -0.1) is 0 Å². The monoisotopic (exact) mass is 492 g/mol. The average molecular weight is 493 g/mol. The Bertz CT molecular complexity index is 1180. The Balaban J connectivity index is 1.71. The van der Waals surface area contributed by atoms with Crippen LogP contribution in [0.15, 0.2) is 39.4 Å². The highest BCUT2D eigenvalue weighted by Gasteiger charge is 2.30. The molecule has 9 nitrogen and oxygen atoms in total. The molecule has 2 aliphatic heterocycles. The van der Waals surface area contributed by atoms with Gasteiger partial charge in [0, 0.05) is 23.1 Å². The molecule has 0 bridgehead atoms. The molecule has 3 heterocycles. The van der Waals surface area contributed by atoms with Gasteiger partial charge in [-0.2, -0.15) is 0 Å². The molecule has 176 valence electrons. The first-order valence-electron chi connectivity index (χ1n) is 10.8. The number of hydrogen-bond acceptors (Lipinski definition) is 7. The van der Waals surface area contributed by atoms with Crippen LogP contribution in [0.2, 0.25) is 5.02 Å². The zero-order valence-corrected chi connectivity index (χ0v) is 19.9. The third-order valence-electron chi connectivity index (χ3n) is 5.50. The smallest absolute Gasteiger partial charge is 0.337 e. The van der Waals surface area contributed by atoms with Gasteiger partial charge in [0.2, 0.25) is 0 Å². The summed E-state index contributed by atoms with van der Waals surface area (Å²) in [5.74, 6) is -0.279. The number of aromatic nitrogens is 2. The van der Waals surface area contributed by atoms with E-state index in [9.17, 15) is 14.4 Å². The fourth-order valence-electron chi connectivity index (χ4n) is 3.97. The second-order valence-electron chi connectivity index (χ2n) is 7.83. The van der Waals surface area contributed by atoms with Gasteiger partial charge in [0.1, 0.15) is 0 Å². The van der Waals surface area contributed by atoms with Gasteiger partial charge in [-0.05, 0) is 44.9 Å². The molecular weight excluding hydrogens is 468 g/mol. The molecular formula is C22H25ClN4O5S. The summed E-state index contributed by atoms with van der Waals surface area (Å²) in [5, 5.41) is 6.79. The Hall–Kier alpha value is -2.56. The average Bonchev–Trinajstić information content (AvgIpc) is 3.27. The lowest BCUT2D eigenvalue weighted by molar-refractivity contribution is -0.138. The number of carbonyl (C=O) groups is 2. The van der Waals surface area contributed by atoms with Crippen LogP contribution in [0.1, 0.15) is 26.7 Å². The maximum absolute atomic E-state index is 13.3. The maximum atomic E-state index is 13.3. The fourth-order valence-corrected chi connectivity index (χ4v) is 5.11. The number of ether oxygens (including phenoxy) is 2. The quantitative estimate of drug-likeness (QED) is 0.347. The summed E-state index contributed by atoms with van der Waals surface area (Å²) in [5.41, 5.74) is 1.08. The largest absolute Gasteiger partial charge is 0.463 e. The summed E-state index contributed by atoms with van der Waals surface area (Å²) in [7, 11) is 0. The van der Waals surface area contributed by atoms with Crippen molar-refractivity contribution in [3.63, 3.8) is 0 Å². The van der Waals surface area contributed by atoms with Crippen LogP contribution in [-0.4, -0.2) is 52.7 Å². The van der Waals surface area contributed by atoms with Crippen molar-refractivity contribution in [2.45, 2.75) is 50.5 Å². The Kier molecular flexibility index (Phi) is 7.26. The Morgan fingerprint density at radius 3 is 2.94 bits per heavy atom. The van der Waals surface area contributed by atoms with Crippen molar-refractivity contribution >= 4 is 46.3 Å². The van der Waals surface area contributed by atoms with Crippen LogP contribution in [0, 0.1) is 0 Å². The van der Waals surface area contributed by atoms with E-state index < -0.39 is 18.0 Å². The van der Waals surface area contributed by atoms with Gasteiger partial charge in [0.05, 0.1) is 41.8 Å². The third kappa shape index (κ3) is 5.18. The number of hydrogen-bond donors (Lipinski definition) is 2. The maximum Gasteiger partial charge on any atom is 0.337 e. The van der Waals surface area contributed by atoms with E-state index in [1.165, 1.54) is 11.8 Å². The predicted octanol–water partition coefficient (Wildman–Crippen LogP) is 2.84. The van der Waals surface area contributed by atoms with Crippen molar-refractivity contribution < 1.29 is 19.1 Å². The lowest BCUT2D eigenvalue weighted by Crippen LogP contribution is -2.49. The molecule has 1 fully saturated rings. The van der Waals surface area contributed by atoms with Crippen molar-refractivity contribution in [1.29, 1.82) is 0 Å². The number of thioether (sulfide) groups is 1. The first kappa shape index (κ1) is 23.6. The van der Waals surface area contributed by atoms with Crippen molar-refractivity contribution in [3.8, 4) is 0 Å². The molecule has 2 N–H and O–H groups in total. The normalized spacial score (nSPS) is 20.6. The standard InChI is InChI=1S/C22H25ClN4O5S/c1-3-31-20(29)18-12(2)24-21(30)25-17(18)11-33-22-26-16-9-13(23)6-7-15(16)19(28)27(22)10-14-5-4-8-32-14/h6-7,9,12,14H,3-5,8,10-11H2,1-2H3,(H2,24,25,30)/t12-,14-/m0/s1. The highest BCUT2D eigenvalue weighted by molar-refractivity contribution is 7.99. The minimum atomic E-state index is -0.508. The summed E-state index contributed by atoms with van der Waals surface area (Å²) in [6.45, 7) is 4.71. The number of amides is 2. The van der Waals surface area contributed by atoms with Crippen LogP contribution in [0.25, 0.3) is 10.9 Å². The summed E-state index contributed by atoms with van der Waals surface area (Å²) in [6.07, 6.45) is 1.75. The van der Waals surface area contributed by atoms with Gasteiger partial charge >= 0.3 is 12.0 Å². The Labute approximate surface area is 199 Å². The van der Waals surface area contributed by atoms with Gasteiger partial charge in [-0.25, -0.2) is 14.6 Å². The fraction of sp³-hybridized carbons (Fsp3) is 0.455. The molecule has 2 aromatic rings. The van der Waals surface area contributed by atoms with E-state index in [0.29, 0.717) is 45.5 Å². The molecule has 0 unspecified atom stereocenters. The molecule has 0 radical (unpaired) electrons. The molecule has 0 spiro atoms. The van der Waals surface area contributed by atoms with Crippen LogP contribution in [0.5, 0.6) is 0 Å². The Morgan fingerprint density at radius 1 is 1.39 bits per heavy atom. The lowest BCUT2D eigenvalue weighted by Gasteiger charge is -2.26. The number of rotatable bonds is 7. The van der Waals surface area contributed by atoms with E-state index in [4.69, 9.17) is 21.1 Å². The molecule has 33 heavy (non-hydrogen) atoms. The first-order valence-corrected chi connectivity index (χ1v) is 12.2. The molecule has 2 amide bonds. The topological polar surface area (TPSA) is 112 Å². The number of nitrogens with one attached hydrogen (secondary N) is 2. The number of benzene rings is 1. The number of esters is 1. The van der Waals surface area contributed by atoms with Crippen molar-refractivity contribution in [2.75, 3.05) is 19.0 Å². The number of halogens is 1. The molecule has 1 aromatic heterocycles. The zero-order valence-electron chi connectivity index (χ0n) is 18.4. The minimum Gasteiger partial charge on any atom is -0.463 e. The van der Waals surface area contributed by atoms with Gasteiger partial charge < -0.3 is 20.1 Å². The second kappa shape index (κ2) is 10.1. The van der Waals surface area contributed by atoms with Gasteiger partial charge in [0.25, 0.3) is 5.56 Å². The second-order valence-corrected chi connectivity index (χ2v) is 9.21. The summed E-state index contributed by atoms with van der Waals surface area (Å²) in [4.78, 5) is 42.6. The minimum absolute atomic E-state index is 0.0680. The van der Waals surface area contributed by atoms with Crippen LogP contribution in [0.4, 0.5) is 4.79 Å². The van der Waals surface area contributed by atoms with Crippen molar-refractivity contribution in [2.24, 2.45) is 0 Å². The van der Waals surface area contributed by atoms with Crippen LogP contribution in [0.3, 0.4) is 0 Å². The number of urea groups is 1. The van der Waals surface area contributed by atoms with E-state index >= 15 is 0 Å². The highest BCUT2D eigenvalue weighted by atomic mass is 35.5. The molecule has 11 heteroatoms. The van der Waals surface area contributed by atoms with Gasteiger partial charge in [-0.3, -0.25) is 9.36 Å². The van der Waals surface area contributed by atoms with Crippen molar-refractivity contribution in [3.05, 3.63) is 44.8 Å². The van der Waals surface area contributed by atoms with Gasteiger partial charge in [-0.1, -0.05) is 23.4 Å². The molecule has 4 rings (SSSR count). The van der Waals surface area contributed by atoms with Crippen LogP contribution in [-0.2, 0) is 20.8 Å². The SMILES string of the molecule is CCOC(=O)C1=C(CSc2nc3cc(Cl)ccc3c(=O)n2C[C@@H]2CCCO2)NC(=O)N[C@H]1C. The van der Waals surface area contributed by atoms with E-state index in [1.807, 2.05) is 0 Å². The molecule has 0 aliphatic carbocycles. The van der Waals surface area contributed by atoms with Crippen LogP contribution >= 0.6 is 23.4 Å². The number of nitrogens with zero attached hydrogens (tertiary/aromatic N) is 2. The Morgan fingerprint density at radius 2 is 2.21 bits per heavy atom. The lowest BCUT2D eigenvalue weighted by atomic mass is 10.1.